The molecule has 4 aromatic rings. The Bertz CT molecular complexity index is 1470. The molecule has 1 N–H and O–H groups in total. The first-order valence-electron chi connectivity index (χ1n) is 11.5. The normalized spacial score (nSPS) is 13.8. The molecule has 0 saturated heterocycles. The van der Waals surface area contributed by atoms with Crippen molar-refractivity contribution in [2.24, 2.45) is 7.05 Å². The van der Waals surface area contributed by atoms with Crippen molar-refractivity contribution in [3.05, 3.63) is 47.5 Å². The highest BCUT2D eigenvalue weighted by Crippen LogP contribution is 2.32. The van der Waals surface area contributed by atoms with Gasteiger partial charge in [-0.15, -0.1) is 10.2 Å². The molecule has 0 aliphatic rings. The zero-order valence-corrected chi connectivity index (χ0v) is 22.7. The van der Waals surface area contributed by atoms with Gasteiger partial charge in [0, 0.05) is 45.0 Å². The van der Waals surface area contributed by atoms with Crippen LogP contribution in [0.1, 0.15) is 31.6 Å². The number of benzene rings is 1. The first-order valence-corrected chi connectivity index (χ1v) is 13.4. The predicted molar refractivity (Wildman–Crippen MR) is 140 cm³/mol. The van der Waals surface area contributed by atoms with Crippen molar-refractivity contribution in [3.63, 3.8) is 0 Å². The Balaban J connectivity index is 1.77. The molecule has 0 amide bonds. The van der Waals surface area contributed by atoms with Gasteiger partial charge in [-0.05, 0) is 13.0 Å². The summed E-state index contributed by atoms with van der Waals surface area (Å²) in [5.41, 5.74) is 1.46. The number of anilines is 1. The molecule has 3 heterocycles. The lowest BCUT2D eigenvalue weighted by atomic mass is 10.1. The molecule has 0 unspecified atom stereocenters. The number of aryl methyl sites for hydroxylation is 1. The van der Waals surface area contributed by atoms with E-state index in [-0.39, 0.29) is 19.2 Å². The van der Waals surface area contributed by atoms with Gasteiger partial charge in [0.1, 0.15) is 11.5 Å². The largest absolute Gasteiger partial charge is 0.382 e. The highest BCUT2D eigenvalue weighted by atomic mass is 35.5. The summed E-state index contributed by atoms with van der Waals surface area (Å²) in [6.07, 6.45) is 2.88. The lowest BCUT2D eigenvalue weighted by Crippen LogP contribution is -2.32. The molecule has 198 valence electrons. The predicted octanol–water partition coefficient (Wildman–Crippen LogP) is 3.04. The summed E-state index contributed by atoms with van der Waals surface area (Å²) in [6.45, 7) is 3.77. The molecule has 4 rings (SSSR count). The summed E-state index contributed by atoms with van der Waals surface area (Å²) >= 11 is 5.88. The van der Waals surface area contributed by atoms with Crippen molar-refractivity contribution in [1.29, 1.82) is 0 Å². The Morgan fingerprint density at radius 1 is 1.05 bits per heavy atom. The van der Waals surface area contributed by atoms with Crippen LogP contribution < -0.4 is 4.72 Å². The molecule has 1 aromatic carbocycles. The van der Waals surface area contributed by atoms with Crippen molar-refractivity contribution in [2.45, 2.75) is 31.1 Å². The fourth-order valence-corrected chi connectivity index (χ4v) is 5.42. The highest BCUT2D eigenvalue weighted by Gasteiger charge is 2.33. The minimum Gasteiger partial charge on any atom is -0.382 e. The van der Waals surface area contributed by atoms with E-state index in [1.165, 1.54) is 12.4 Å². The lowest BCUT2D eigenvalue weighted by molar-refractivity contribution is 0.0908. The maximum atomic E-state index is 13.5. The van der Waals surface area contributed by atoms with Gasteiger partial charge in [-0.1, -0.05) is 36.7 Å². The standard InChI is InChI=1S/C23H29ClN8O4S/c1-14(21-25-10-16(24)11-26-21)15(2)37(33,34)30-23-28-27-22(32(23)17(12-35-4)13-36-5)20-18-8-6-7-9-19(18)31(3)29-20/h6-11,14-15,17H,12-13H2,1-5H3,(H,28,30)/t14-,15-/m0/s1. The first kappa shape index (κ1) is 26.9. The van der Waals surface area contributed by atoms with Crippen LogP contribution in [0.3, 0.4) is 0 Å². The maximum Gasteiger partial charge on any atom is 0.239 e. The van der Waals surface area contributed by atoms with E-state index in [0.717, 1.165) is 10.9 Å². The molecular weight excluding hydrogens is 520 g/mol. The van der Waals surface area contributed by atoms with E-state index in [0.29, 0.717) is 22.4 Å². The van der Waals surface area contributed by atoms with Crippen LogP contribution in [0, 0.1) is 0 Å². The molecule has 3 aromatic heterocycles. The number of nitrogens with zero attached hydrogens (tertiary/aromatic N) is 7. The van der Waals surface area contributed by atoms with E-state index in [1.54, 1.807) is 37.3 Å². The van der Waals surface area contributed by atoms with Crippen LogP contribution in [-0.2, 0) is 26.5 Å². The van der Waals surface area contributed by atoms with Gasteiger partial charge in [0.15, 0.2) is 5.82 Å². The zero-order chi connectivity index (χ0) is 26.7. The van der Waals surface area contributed by atoms with E-state index >= 15 is 0 Å². The summed E-state index contributed by atoms with van der Waals surface area (Å²) < 4.78 is 43.8. The van der Waals surface area contributed by atoms with Crippen molar-refractivity contribution >= 4 is 38.5 Å². The van der Waals surface area contributed by atoms with Crippen LogP contribution >= 0.6 is 11.6 Å². The zero-order valence-electron chi connectivity index (χ0n) is 21.2. The van der Waals surface area contributed by atoms with Gasteiger partial charge in [0.05, 0.1) is 35.0 Å². The van der Waals surface area contributed by atoms with E-state index in [4.69, 9.17) is 21.1 Å². The second kappa shape index (κ2) is 11.1. The molecule has 37 heavy (non-hydrogen) atoms. The van der Waals surface area contributed by atoms with E-state index in [9.17, 15) is 8.42 Å². The molecule has 2 atom stereocenters. The van der Waals surface area contributed by atoms with Gasteiger partial charge in [0.25, 0.3) is 0 Å². The van der Waals surface area contributed by atoms with Crippen LogP contribution in [0.4, 0.5) is 5.95 Å². The van der Waals surface area contributed by atoms with E-state index < -0.39 is 27.2 Å². The summed E-state index contributed by atoms with van der Waals surface area (Å²) in [6, 6.07) is 7.26. The van der Waals surface area contributed by atoms with Crippen LogP contribution in [0.25, 0.3) is 22.4 Å². The van der Waals surface area contributed by atoms with Crippen molar-refractivity contribution in [3.8, 4) is 11.5 Å². The second-order valence-corrected chi connectivity index (χ2v) is 11.1. The molecular formula is C23H29ClN8O4S. The maximum absolute atomic E-state index is 13.5. The second-order valence-electron chi connectivity index (χ2n) is 8.67. The third kappa shape index (κ3) is 5.44. The number of ether oxygens (including phenoxy) is 2. The quantitative estimate of drug-likeness (QED) is 0.299. The summed E-state index contributed by atoms with van der Waals surface area (Å²) in [5.74, 6) is 0.246. The summed E-state index contributed by atoms with van der Waals surface area (Å²) in [7, 11) is 0.993. The average molecular weight is 549 g/mol. The number of halogens is 1. The van der Waals surface area contributed by atoms with E-state index in [2.05, 4.69) is 30.0 Å². The van der Waals surface area contributed by atoms with Crippen molar-refractivity contribution in [2.75, 3.05) is 32.2 Å². The number of hydrogen-bond donors (Lipinski definition) is 1. The number of hydrogen-bond acceptors (Lipinski definition) is 9. The van der Waals surface area contributed by atoms with Crippen LogP contribution in [0.5, 0.6) is 0 Å². The van der Waals surface area contributed by atoms with Crippen LogP contribution in [0.2, 0.25) is 5.02 Å². The van der Waals surface area contributed by atoms with Gasteiger partial charge < -0.3 is 9.47 Å². The SMILES string of the molecule is COCC(COC)n1c(NS(=O)(=O)[C@@H](C)[C@H](C)c2ncc(Cl)cn2)nnc1-c1nn(C)c2ccccc12. The molecule has 0 radical (unpaired) electrons. The van der Waals surface area contributed by atoms with Gasteiger partial charge in [0.2, 0.25) is 16.0 Å². The van der Waals surface area contributed by atoms with Gasteiger partial charge in [-0.2, -0.15) is 5.10 Å². The first-order chi connectivity index (χ1) is 17.7. The third-order valence-electron chi connectivity index (χ3n) is 6.22. The molecule has 0 aliphatic heterocycles. The highest BCUT2D eigenvalue weighted by molar-refractivity contribution is 7.93. The third-order valence-corrected chi connectivity index (χ3v) is 8.27. The van der Waals surface area contributed by atoms with Crippen LogP contribution in [-0.4, -0.2) is 75.6 Å². The van der Waals surface area contributed by atoms with E-state index in [1.807, 2.05) is 31.3 Å². The number of nitrogens with one attached hydrogen (secondary N) is 1. The fourth-order valence-electron chi connectivity index (χ4n) is 4.09. The van der Waals surface area contributed by atoms with Gasteiger partial charge in [-0.25, -0.2) is 18.4 Å². The van der Waals surface area contributed by atoms with Gasteiger partial charge >= 0.3 is 0 Å². The molecule has 0 aliphatic carbocycles. The summed E-state index contributed by atoms with van der Waals surface area (Å²) in [5, 5.41) is 13.5. The Kier molecular flexibility index (Phi) is 8.07. The number of rotatable bonds is 11. The molecule has 14 heteroatoms. The monoisotopic (exact) mass is 548 g/mol. The molecule has 0 fully saturated rings. The Morgan fingerprint density at radius 3 is 2.35 bits per heavy atom. The Morgan fingerprint density at radius 2 is 1.70 bits per heavy atom. The minimum atomic E-state index is -3.96. The van der Waals surface area contributed by atoms with Crippen molar-refractivity contribution in [1.82, 2.24) is 34.5 Å². The number of aromatic nitrogens is 7. The lowest BCUT2D eigenvalue weighted by Gasteiger charge is -2.23. The fraction of sp³-hybridized carbons (Fsp3) is 0.435. The average Bonchev–Trinajstić information content (AvgIpc) is 3.43. The minimum absolute atomic E-state index is 0.0277. The van der Waals surface area contributed by atoms with Gasteiger partial charge in [-0.3, -0.25) is 14.0 Å². The van der Waals surface area contributed by atoms with Crippen LogP contribution in [0.15, 0.2) is 36.7 Å². The number of methoxy groups -OCH3 is 2. The van der Waals surface area contributed by atoms with Crippen molar-refractivity contribution < 1.29 is 17.9 Å². The Hall–Kier alpha value is -3.13. The number of sulfonamides is 1. The topological polar surface area (TPSA) is 139 Å². The molecule has 0 bridgehead atoms. The number of para-hydroxylation sites is 1. The number of fused-ring (bicyclic) bond motifs is 1. The molecule has 0 saturated carbocycles. The summed E-state index contributed by atoms with van der Waals surface area (Å²) in [4.78, 5) is 8.35. The molecule has 12 nitrogen and oxygen atoms in total. The Labute approximate surface area is 220 Å². The smallest absolute Gasteiger partial charge is 0.239 e. The molecule has 0 spiro atoms.